The van der Waals surface area contributed by atoms with E-state index in [0.717, 1.165) is 11.3 Å². The molecule has 29 heavy (non-hydrogen) atoms. The van der Waals surface area contributed by atoms with Crippen LogP contribution in [0, 0.1) is 20.8 Å². The van der Waals surface area contributed by atoms with Gasteiger partial charge in [-0.3, -0.25) is 4.79 Å². The van der Waals surface area contributed by atoms with Crippen LogP contribution in [-0.2, 0) is 14.8 Å². The van der Waals surface area contributed by atoms with Crippen LogP contribution < -0.4 is 10.1 Å². The van der Waals surface area contributed by atoms with Gasteiger partial charge in [-0.05, 0) is 75.9 Å². The van der Waals surface area contributed by atoms with Gasteiger partial charge in [0.1, 0.15) is 11.8 Å². The number of nitrogens with zero attached hydrogens (tertiary/aromatic N) is 1. The summed E-state index contributed by atoms with van der Waals surface area (Å²) in [5.74, 6) is 0.415. The molecule has 1 aliphatic rings. The Morgan fingerprint density at radius 2 is 1.76 bits per heavy atom. The molecule has 0 aromatic heterocycles. The number of benzene rings is 2. The summed E-state index contributed by atoms with van der Waals surface area (Å²) in [4.78, 5) is 13.2. The highest BCUT2D eigenvalue weighted by atomic mass is 32.2. The maximum absolute atomic E-state index is 13.4. The first-order valence-electron chi connectivity index (χ1n) is 9.87. The van der Waals surface area contributed by atoms with Gasteiger partial charge in [0.2, 0.25) is 15.9 Å². The topological polar surface area (TPSA) is 75.7 Å². The molecule has 1 amide bonds. The molecule has 1 atom stereocenters. The molecule has 1 N–H and O–H groups in total. The molecule has 1 saturated heterocycles. The first kappa shape index (κ1) is 21.3. The summed E-state index contributed by atoms with van der Waals surface area (Å²) in [5.41, 5.74) is 3.05. The minimum absolute atomic E-state index is 0.308. The monoisotopic (exact) mass is 416 g/mol. The number of carbonyl (C=O) groups is 1. The Bertz CT molecular complexity index is 977. The lowest BCUT2D eigenvalue weighted by Crippen LogP contribution is -2.43. The Kier molecular flexibility index (Phi) is 6.29. The van der Waals surface area contributed by atoms with Gasteiger partial charge in [-0.25, -0.2) is 8.42 Å². The van der Waals surface area contributed by atoms with Crippen LogP contribution in [0.1, 0.15) is 36.5 Å². The van der Waals surface area contributed by atoms with Crippen molar-refractivity contribution >= 4 is 21.6 Å². The zero-order valence-corrected chi connectivity index (χ0v) is 18.2. The highest BCUT2D eigenvalue weighted by molar-refractivity contribution is 7.89. The Balaban J connectivity index is 1.83. The molecule has 0 aliphatic carbocycles. The van der Waals surface area contributed by atoms with Gasteiger partial charge in [-0.2, -0.15) is 4.31 Å². The van der Waals surface area contributed by atoms with Crippen LogP contribution >= 0.6 is 0 Å². The van der Waals surface area contributed by atoms with Crippen LogP contribution in [-0.4, -0.2) is 37.8 Å². The summed E-state index contributed by atoms with van der Waals surface area (Å²) >= 11 is 0. The van der Waals surface area contributed by atoms with Crippen LogP contribution in [0.15, 0.2) is 41.3 Å². The summed E-state index contributed by atoms with van der Waals surface area (Å²) in [6.07, 6.45) is 1.16. The fourth-order valence-electron chi connectivity index (χ4n) is 4.01. The molecule has 0 radical (unpaired) electrons. The van der Waals surface area contributed by atoms with E-state index in [-0.39, 0.29) is 5.91 Å². The van der Waals surface area contributed by atoms with E-state index in [9.17, 15) is 13.2 Å². The van der Waals surface area contributed by atoms with Gasteiger partial charge in [-0.1, -0.05) is 17.7 Å². The van der Waals surface area contributed by atoms with Gasteiger partial charge in [0, 0.05) is 12.2 Å². The average Bonchev–Trinajstić information content (AvgIpc) is 3.13. The molecule has 1 fully saturated rings. The maximum Gasteiger partial charge on any atom is 0.244 e. The normalized spacial score (nSPS) is 17.3. The van der Waals surface area contributed by atoms with Gasteiger partial charge in [0.25, 0.3) is 0 Å². The Hall–Kier alpha value is -2.38. The molecule has 1 aliphatic heterocycles. The van der Waals surface area contributed by atoms with Crippen molar-refractivity contribution in [3.05, 3.63) is 53.1 Å². The van der Waals surface area contributed by atoms with E-state index in [1.165, 1.54) is 4.31 Å². The van der Waals surface area contributed by atoms with Gasteiger partial charge in [0.15, 0.2) is 0 Å². The van der Waals surface area contributed by atoms with Crippen molar-refractivity contribution in [2.24, 2.45) is 0 Å². The third-order valence-corrected chi connectivity index (χ3v) is 7.32. The summed E-state index contributed by atoms with van der Waals surface area (Å²) in [6.45, 7) is 8.37. The number of sulfonamides is 1. The fraction of sp³-hybridized carbons (Fsp3) is 0.409. The Labute approximate surface area is 172 Å². The summed E-state index contributed by atoms with van der Waals surface area (Å²) in [5, 5.41) is 2.84. The maximum atomic E-state index is 13.4. The Morgan fingerprint density at radius 3 is 2.34 bits per heavy atom. The molecule has 6 nitrogen and oxygen atoms in total. The molecule has 1 heterocycles. The van der Waals surface area contributed by atoms with Crippen LogP contribution in [0.3, 0.4) is 0 Å². The SMILES string of the molecule is CCOc1ccc(NC(=O)C2CCCN2S(=O)(=O)c2c(C)cc(C)cc2C)cc1. The molecule has 1 unspecified atom stereocenters. The van der Waals surface area contributed by atoms with Crippen molar-refractivity contribution < 1.29 is 17.9 Å². The largest absolute Gasteiger partial charge is 0.494 e. The van der Waals surface area contributed by atoms with Crippen LogP contribution in [0.25, 0.3) is 0 Å². The molecule has 2 aromatic carbocycles. The van der Waals surface area contributed by atoms with E-state index < -0.39 is 16.1 Å². The number of carbonyl (C=O) groups excluding carboxylic acids is 1. The number of aryl methyl sites for hydroxylation is 3. The molecule has 3 rings (SSSR count). The lowest BCUT2D eigenvalue weighted by Gasteiger charge is -2.25. The van der Waals surface area contributed by atoms with Crippen molar-refractivity contribution in [2.45, 2.75) is 51.5 Å². The molecule has 7 heteroatoms. The number of hydrogen-bond acceptors (Lipinski definition) is 4. The van der Waals surface area contributed by atoms with Gasteiger partial charge >= 0.3 is 0 Å². The van der Waals surface area contributed by atoms with Crippen molar-refractivity contribution in [3.8, 4) is 5.75 Å². The molecule has 0 bridgehead atoms. The van der Waals surface area contributed by atoms with E-state index in [1.807, 2.05) is 26.0 Å². The second kappa shape index (κ2) is 8.55. The molecular formula is C22H28N2O4S. The van der Waals surface area contributed by atoms with E-state index >= 15 is 0 Å². The van der Waals surface area contributed by atoms with Gasteiger partial charge in [-0.15, -0.1) is 0 Å². The number of ether oxygens (including phenoxy) is 1. The molecule has 0 saturated carbocycles. The first-order chi connectivity index (χ1) is 13.7. The predicted molar refractivity (Wildman–Crippen MR) is 114 cm³/mol. The lowest BCUT2D eigenvalue weighted by atomic mass is 10.1. The summed E-state index contributed by atoms with van der Waals surface area (Å²) in [6, 6.07) is 10.1. The lowest BCUT2D eigenvalue weighted by molar-refractivity contribution is -0.119. The number of rotatable bonds is 6. The van der Waals surface area contributed by atoms with Crippen molar-refractivity contribution in [1.29, 1.82) is 0 Å². The summed E-state index contributed by atoms with van der Waals surface area (Å²) < 4.78 is 33.6. The number of amides is 1. The standard InChI is InChI=1S/C22H28N2O4S/c1-5-28-19-10-8-18(9-11-19)23-22(25)20-7-6-12-24(20)29(26,27)21-16(3)13-15(2)14-17(21)4/h8-11,13-14,20H,5-7,12H2,1-4H3,(H,23,25). The van der Waals surface area contributed by atoms with Crippen LogP contribution in [0.4, 0.5) is 5.69 Å². The van der Waals surface area contributed by atoms with Crippen molar-refractivity contribution in [2.75, 3.05) is 18.5 Å². The van der Waals surface area contributed by atoms with E-state index in [4.69, 9.17) is 4.74 Å². The molecular weight excluding hydrogens is 388 g/mol. The number of anilines is 1. The van der Waals surface area contributed by atoms with E-state index in [2.05, 4.69) is 5.32 Å². The highest BCUT2D eigenvalue weighted by Gasteiger charge is 2.40. The Morgan fingerprint density at radius 1 is 1.14 bits per heavy atom. The third kappa shape index (κ3) is 4.46. The average molecular weight is 417 g/mol. The number of nitrogens with one attached hydrogen (secondary N) is 1. The fourth-order valence-corrected chi connectivity index (χ4v) is 6.08. The molecule has 2 aromatic rings. The zero-order valence-electron chi connectivity index (χ0n) is 17.4. The van der Waals surface area contributed by atoms with Crippen LogP contribution in [0.2, 0.25) is 0 Å². The zero-order chi connectivity index (χ0) is 21.2. The van der Waals surface area contributed by atoms with Gasteiger partial charge in [0.05, 0.1) is 11.5 Å². The molecule has 156 valence electrons. The number of hydrogen-bond donors (Lipinski definition) is 1. The van der Waals surface area contributed by atoms with Crippen molar-refractivity contribution in [1.82, 2.24) is 4.31 Å². The second-order valence-corrected chi connectivity index (χ2v) is 9.28. The highest BCUT2D eigenvalue weighted by Crippen LogP contribution is 2.31. The third-order valence-electron chi connectivity index (χ3n) is 5.11. The minimum Gasteiger partial charge on any atom is -0.494 e. The predicted octanol–water partition coefficient (Wildman–Crippen LogP) is 3.80. The van der Waals surface area contributed by atoms with Crippen LogP contribution in [0.5, 0.6) is 5.75 Å². The quantitative estimate of drug-likeness (QED) is 0.777. The van der Waals surface area contributed by atoms with Gasteiger partial charge < -0.3 is 10.1 Å². The smallest absolute Gasteiger partial charge is 0.244 e. The van der Waals surface area contributed by atoms with E-state index in [0.29, 0.717) is 47.7 Å². The second-order valence-electron chi connectivity index (χ2n) is 7.45. The van der Waals surface area contributed by atoms with Crippen molar-refractivity contribution in [3.63, 3.8) is 0 Å². The first-order valence-corrected chi connectivity index (χ1v) is 11.3. The molecule has 0 spiro atoms. The summed E-state index contributed by atoms with van der Waals surface area (Å²) in [7, 11) is -3.76. The van der Waals surface area contributed by atoms with E-state index in [1.54, 1.807) is 38.1 Å². The minimum atomic E-state index is -3.76.